The van der Waals surface area contributed by atoms with E-state index in [4.69, 9.17) is 0 Å². The lowest BCUT2D eigenvalue weighted by atomic mass is 10.3. The van der Waals surface area contributed by atoms with Gasteiger partial charge in [-0.05, 0) is 37.8 Å². The third kappa shape index (κ3) is 3.72. The molecule has 0 atom stereocenters. The molecule has 2 N–H and O–H groups in total. The van der Waals surface area contributed by atoms with E-state index in [2.05, 4.69) is 20.4 Å². The van der Waals surface area contributed by atoms with Crippen LogP contribution in [0, 0.1) is 13.8 Å². The van der Waals surface area contributed by atoms with Gasteiger partial charge in [-0.25, -0.2) is 8.42 Å². The quantitative estimate of drug-likeness (QED) is 0.652. The van der Waals surface area contributed by atoms with Crippen LogP contribution in [0.5, 0.6) is 0 Å². The molecule has 0 unspecified atom stereocenters. The van der Waals surface area contributed by atoms with Crippen LogP contribution in [0.25, 0.3) is 10.6 Å². The lowest BCUT2D eigenvalue weighted by Crippen LogP contribution is -2.37. The number of aromatic amines is 2. The Balaban J connectivity index is 1.48. The number of hydrogen-bond donors (Lipinski definition) is 2. The summed E-state index contributed by atoms with van der Waals surface area (Å²) in [5.74, 6) is -0.195. The van der Waals surface area contributed by atoms with E-state index >= 15 is 0 Å². The van der Waals surface area contributed by atoms with Crippen molar-refractivity contribution in [3.8, 4) is 10.6 Å². The van der Waals surface area contributed by atoms with Gasteiger partial charge in [0.05, 0.1) is 22.0 Å². The molecule has 1 saturated heterocycles. The van der Waals surface area contributed by atoms with Gasteiger partial charge in [-0.3, -0.25) is 15.0 Å². The first-order chi connectivity index (χ1) is 13.9. The van der Waals surface area contributed by atoms with E-state index in [1.165, 1.54) is 4.31 Å². The van der Waals surface area contributed by atoms with Gasteiger partial charge in [-0.2, -0.15) is 14.5 Å². The fourth-order valence-corrected chi connectivity index (χ4v) is 6.03. The first kappa shape index (κ1) is 19.8. The molecule has 9 nitrogen and oxygen atoms in total. The molecule has 0 radical (unpaired) electrons. The van der Waals surface area contributed by atoms with Crippen LogP contribution in [0.3, 0.4) is 0 Å². The van der Waals surface area contributed by atoms with Crippen molar-refractivity contribution in [3.05, 3.63) is 40.7 Å². The third-order valence-electron chi connectivity index (χ3n) is 4.98. The molecular formula is C18H22N6O3S2. The molecule has 0 saturated carbocycles. The fourth-order valence-electron chi connectivity index (χ4n) is 3.54. The molecule has 4 rings (SSSR count). The smallest absolute Gasteiger partial charge is 0.274 e. The summed E-state index contributed by atoms with van der Waals surface area (Å²) >= 11 is 1.57. The van der Waals surface area contributed by atoms with E-state index in [1.54, 1.807) is 36.2 Å². The second-order valence-electron chi connectivity index (χ2n) is 6.96. The van der Waals surface area contributed by atoms with Crippen LogP contribution >= 0.6 is 11.3 Å². The molecule has 1 fully saturated rings. The number of H-pyrrole nitrogens is 2. The van der Waals surface area contributed by atoms with E-state index in [9.17, 15) is 13.2 Å². The first-order valence-corrected chi connectivity index (χ1v) is 11.6. The van der Waals surface area contributed by atoms with Crippen LogP contribution in [0.4, 0.5) is 0 Å². The van der Waals surface area contributed by atoms with Gasteiger partial charge >= 0.3 is 0 Å². The van der Waals surface area contributed by atoms with Gasteiger partial charge in [-0.1, -0.05) is 6.07 Å². The van der Waals surface area contributed by atoms with Crippen molar-refractivity contribution in [2.45, 2.75) is 25.2 Å². The fraction of sp³-hybridized carbons (Fsp3) is 0.389. The third-order valence-corrected chi connectivity index (χ3v) is 8.05. The molecule has 3 aromatic heterocycles. The molecule has 0 aliphatic carbocycles. The number of nitrogens with zero attached hydrogens (tertiary/aromatic N) is 4. The van der Waals surface area contributed by atoms with E-state index in [-0.39, 0.29) is 17.3 Å². The normalized spacial score (nSPS) is 16.1. The number of sulfonamides is 1. The first-order valence-electron chi connectivity index (χ1n) is 9.28. The minimum atomic E-state index is -3.66. The topological polar surface area (TPSA) is 115 Å². The standard InChI is InChI=1S/C18H22N6O3S2/c1-12-17(13(2)20-19-12)29(26,27)24-7-4-6-23(8-9-24)18(25)15-11-14(21-22-15)16-5-3-10-28-16/h3,5,10-11H,4,6-9H2,1-2H3,(H,19,20)(H,21,22). The number of hydrogen-bond acceptors (Lipinski definition) is 6. The van der Waals surface area contributed by atoms with Gasteiger partial charge in [0.25, 0.3) is 5.91 Å². The monoisotopic (exact) mass is 434 g/mol. The molecule has 4 heterocycles. The van der Waals surface area contributed by atoms with Crippen molar-refractivity contribution in [1.29, 1.82) is 0 Å². The molecule has 1 amide bonds. The Bertz CT molecular complexity index is 1100. The summed E-state index contributed by atoms with van der Waals surface area (Å²) in [6.45, 7) is 4.76. The second kappa shape index (κ2) is 7.73. The van der Waals surface area contributed by atoms with Gasteiger partial charge < -0.3 is 4.90 Å². The van der Waals surface area contributed by atoms with Crippen molar-refractivity contribution in [1.82, 2.24) is 29.6 Å². The van der Waals surface area contributed by atoms with E-state index in [0.717, 1.165) is 10.6 Å². The number of aryl methyl sites for hydroxylation is 2. The molecule has 0 spiro atoms. The number of carbonyl (C=O) groups is 1. The summed E-state index contributed by atoms with van der Waals surface area (Å²) < 4.78 is 27.6. The molecule has 154 valence electrons. The van der Waals surface area contributed by atoms with Gasteiger partial charge in [0.15, 0.2) is 5.69 Å². The van der Waals surface area contributed by atoms with Crippen LogP contribution in [-0.2, 0) is 10.0 Å². The SMILES string of the molecule is Cc1n[nH]c(C)c1S(=O)(=O)N1CCCN(C(=O)c2cc(-c3cccs3)[nH]n2)CC1. The zero-order chi connectivity index (χ0) is 20.6. The summed E-state index contributed by atoms with van der Waals surface area (Å²) in [4.78, 5) is 15.8. The molecule has 0 bridgehead atoms. The number of amides is 1. The van der Waals surface area contributed by atoms with E-state index < -0.39 is 10.0 Å². The molecule has 0 aromatic carbocycles. The Kier molecular flexibility index (Phi) is 5.28. The largest absolute Gasteiger partial charge is 0.336 e. The molecular weight excluding hydrogens is 412 g/mol. The van der Waals surface area contributed by atoms with Crippen LogP contribution in [0.15, 0.2) is 28.5 Å². The summed E-state index contributed by atoms with van der Waals surface area (Å²) in [5, 5.41) is 15.8. The predicted molar refractivity (Wildman–Crippen MR) is 109 cm³/mol. The highest BCUT2D eigenvalue weighted by Crippen LogP contribution is 2.25. The van der Waals surface area contributed by atoms with Gasteiger partial charge in [0, 0.05) is 26.2 Å². The van der Waals surface area contributed by atoms with Gasteiger partial charge in [0.2, 0.25) is 10.0 Å². The molecule has 29 heavy (non-hydrogen) atoms. The average molecular weight is 435 g/mol. The lowest BCUT2D eigenvalue weighted by Gasteiger charge is -2.21. The average Bonchev–Trinajstić information content (AvgIpc) is 3.39. The minimum absolute atomic E-state index is 0.195. The van der Waals surface area contributed by atoms with Gasteiger partial charge in [-0.15, -0.1) is 11.3 Å². The highest BCUT2D eigenvalue weighted by atomic mass is 32.2. The Labute approximate surface area is 172 Å². The molecule has 1 aliphatic rings. The number of aromatic nitrogens is 4. The Hall–Kier alpha value is -2.50. The van der Waals surface area contributed by atoms with Crippen molar-refractivity contribution < 1.29 is 13.2 Å². The second-order valence-corrected chi connectivity index (χ2v) is 9.78. The Morgan fingerprint density at radius 2 is 1.97 bits per heavy atom. The van der Waals surface area contributed by atoms with Crippen LogP contribution < -0.4 is 0 Å². The summed E-state index contributed by atoms with van der Waals surface area (Å²) in [7, 11) is -3.66. The number of rotatable bonds is 4. The van der Waals surface area contributed by atoms with E-state index in [1.807, 2.05) is 17.5 Å². The maximum absolute atomic E-state index is 13.1. The summed E-state index contributed by atoms with van der Waals surface area (Å²) in [6.07, 6.45) is 0.559. The number of carbonyl (C=O) groups excluding carboxylic acids is 1. The summed E-state index contributed by atoms with van der Waals surface area (Å²) in [6, 6.07) is 5.64. The number of thiophene rings is 1. The van der Waals surface area contributed by atoms with Crippen LogP contribution in [0.1, 0.15) is 28.3 Å². The molecule has 11 heteroatoms. The lowest BCUT2D eigenvalue weighted by molar-refractivity contribution is 0.0758. The maximum Gasteiger partial charge on any atom is 0.274 e. The van der Waals surface area contributed by atoms with Crippen molar-refractivity contribution in [2.75, 3.05) is 26.2 Å². The zero-order valence-corrected chi connectivity index (χ0v) is 17.8. The Morgan fingerprint density at radius 1 is 1.14 bits per heavy atom. The van der Waals surface area contributed by atoms with Gasteiger partial charge in [0.1, 0.15) is 4.90 Å². The van der Waals surface area contributed by atoms with Crippen LogP contribution in [-0.4, -0.2) is 70.1 Å². The van der Waals surface area contributed by atoms with Crippen molar-refractivity contribution in [3.63, 3.8) is 0 Å². The zero-order valence-electron chi connectivity index (χ0n) is 16.2. The highest BCUT2D eigenvalue weighted by molar-refractivity contribution is 7.89. The van der Waals surface area contributed by atoms with Crippen LogP contribution in [0.2, 0.25) is 0 Å². The maximum atomic E-state index is 13.1. The predicted octanol–water partition coefficient (Wildman–Crippen LogP) is 2.01. The number of nitrogens with one attached hydrogen (secondary N) is 2. The van der Waals surface area contributed by atoms with Crippen molar-refractivity contribution >= 4 is 27.3 Å². The minimum Gasteiger partial charge on any atom is -0.336 e. The molecule has 3 aromatic rings. The van der Waals surface area contributed by atoms with Crippen molar-refractivity contribution in [2.24, 2.45) is 0 Å². The highest BCUT2D eigenvalue weighted by Gasteiger charge is 2.32. The van der Waals surface area contributed by atoms with E-state index in [0.29, 0.717) is 43.1 Å². The Morgan fingerprint density at radius 3 is 2.66 bits per heavy atom. The molecule has 1 aliphatic heterocycles. The summed E-state index contributed by atoms with van der Waals surface area (Å²) in [5.41, 5.74) is 2.12.